The molecule has 1 rings (SSSR count). The van der Waals surface area contributed by atoms with Crippen LogP contribution in [0.1, 0.15) is 5.56 Å². The van der Waals surface area contributed by atoms with Crippen LogP contribution in [-0.4, -0.2) is 6.18 Å². The van der Waals surface area contributed by atoms with E-state index in [1.54, 1.807) is 30.3 Å². The lowest BCUT2D eigenvalue weighted by Crippen LogP contribution is -2.06. The zero-order valence-corrected chi connectivity index (χ0v) is 7.23. The van der Waals surface area contributed by atoms with Crippen molar-refractivity contribution in [3.63, 3.8) is 0 Å². The molecule has 0 radical (unpaired) electrons. The van der Waals surface area contributed by atoms with Crippen molar-refractivity contribution in [3.05, 3.63) is 40.9 Å². The van der Waals surface area contributed by atoms with Crippen LogP contribution in [0.3, 0.4) is 0 Å². The third kappa shape index (κ3) is 3.11. The quantitative estimate of drug-likeness (QED) is 0.655. The molecule has 0 aromatic heterocycles. The molecule has 0 nitrogen and oxygen atoms in total. The summed E-state index contributed by atoms with van der Waals surface area (Å²) < 4.78 is 35.8. The second-order valence-corrected chi connectivity index (χ2v) is 2.81. The Morgan fingerprint density at radius 2 is 1.69 bits per heavy atom. The molecule has 0 aliphatic carbocycles. The monoisotopic (exact) mass is 206 g/mol. The summed E-state index contributed by atoms with van der Waals surface area (Å²) in [7, 11) is 0. The van der Waals surface area contributed by atoms with Crippen molar-refractivity contribution in [1.82, 2.24) is 0 Å². The van der Waals surface area contributed by atoms with Crippen LogP contribution in [0.25, 0.3) is 6.08 Å². The van der Waals surface area contributed by atoms with Crippen molar-refractivity contribution in [1.29, 1.82) is 0 Å². The molecule has 0 aliphatic rings. The molecular weight excluding hydrogens is 201 g/mol. The van der Waals surface area contributed by atoms with E-state index < -0.39 is 11.2 Å². The summed E-state index contributed by atoms with van der Waals surface area (Å²) in [5.41, 5.74) is 0.435. The van der Waals surface area contributed by atoms with E-state index >= 15 is 0 Å². The predicted octanol–water partition coefficient (Wildman–Crippen LogP) is 3.83. The SMILES string of the molecule is FC(F)(F)/C(Cl)=C\c1ccccc1. The second kappa shape index (κ2) is 3.83. The van der Waals surface area contributed by atoms with E-state index in [9.17, 15) is 13.2 Å². The highest BCUT2D eigenvalue weighted by Gasteiger charge is 2.32. The van der Waals surface area contributed by atoms with Crippen LogP contribution < -0.4 is 0 Å². The van der Waals surface area contributed by atoms with Gasteiger partial charge in [0.15, 0.2) is 0 Å². The molecule has 1 aromatic carbocycles. The summed E-state index contributed by atoms with van der Waals surface area (Å²) in [4.78, 5) is 0. The zero-order valence-electron chi connectivity index (χ0n) is 6.48. The first-order valence-corrected chi connectivity index (χ1v) is 3.87. The number of alkyl halides is 3. The Hall–Kier alpha value is -0.960. The molecule has 0 unspecified atom stereocenters. The summed E-state index contributed by atoms with van der Waals surface area (Å²) in [6.45, 7) is 0. The van der Waals surface area contributed by atoms with Crippen LogP contribution in [0.2, 0.25) is 0 Å². The van der Waals surface area contributed by atoms with Crippen LogP contribution in [0.5, 0.6) is 0 Å². The Balaban J connectivity index is 2.90. The Labute approximate surface area is 78.6 Å². The number of benzene rings is 1. The lowest BCUT2D eigenvalue weighted by Gasteiger charge is -2.03. The zero-order chi connectivity index (χ0) is 9.90. The van der Waals surface area contributed by atoms with Crippen molar-refractivity contribution in [2.75, 3.05) is 0 Å². The minimum Gasteiger partial charge on any atom is -0.165 e. The van der Waals surface area contributed by atoms with Crippen LogP contribution in [0, 0.1) is 0 Å². The van der Waals surface area contributed by atoms with Crippen molar-refractivity contribution in [2.24, 2.45) is 0 Å². The predicted molar refractivity (Wildman–Crippen MR) is 46.3 cm³/mol. The normalized spacial score (nSPS) is 13.1. The molecule has 0 saturated carbocycles. The lowest BCUT2D eigenvalue weighted by atomic mass is 10.2. The fourth-order valence-electron chi connectivity index (χ4n) is 0.777. The largest absolute Gasteiger partial charge is 0.426 e. The van der Waals surface area contributed by atoms with E-state index in [1.807, 2.05) is 0 Å². The van der Waals surface area contributed by atoms with Crippen LogP contribution in [0.15, 0.2) is 35.4 Å². The van der Waals surface area contributed by atoms with Gasteiger partial charge < -0.3 is 0 Å². The molecular formula is C9H6ClF3. The molecule has 70 valence electrons. The van der Waals surface area contributed by atoms with Gasteiger partial charge in [-0.05, 0) is 11.6 Å². The molecule has 0 saturated heterocycles. The molecule has 4 heteroatoms. The highest BCUT2D eigenvalue weighted by atomic mass is 35.5. The number of allylic oxidation sites excluding steroid dienone is 1. The number of hydrogen-bond donors (Lipinski definition) is 0. The molecule has 0 spiro atoms. The first-order chi connectivity index (χ1) is 6.00. The molecule has 0 atom stereocenters. The fraction of sp³-hybridized carbons (Fsp3) is 0.111. The molecule has 0 N–H and O–H groups in total. The van der Waals surface area contributed by atoms with Crippen LogP contribution >= 0.6 is 11.6 Å². The van der Waals surface area contributed by atoms with Gasteiger partial charge in [-0.1, -0.05) is 41.9 Å². The van der Waals surface area contributed by atoms with E-state index in [2.05, 4.69) is 0 Å². The summed E-state index contributed by atoms with van der Waals surface area (Å²) in [5, 5.41) is -1.11. The van der Waals surface area contributed by atoms with Gasteiger partial charge >= 0.3 is 6.18 Å². The van der Waals surface area contributed by atoms with Gasteiger partial charge in [0, 0.05) is 0 Å². The van der Waals surface area contributed by atoms with Gasteiger partial charge in [0.25, 0.3) is 0 Å². The van der Waals surface area contributed by atoms with E-state index in [-0.39, 0.29) is 0 Å². The maximum absolute atomic E-state index is 11.9. The summed E-state index contributed by atoms with van der Waals surface area (Å²) in [6.07, 6.45) is -3.57. The highest BCUT2D eigenvalue weighted by Crippen LogP contribution is 2.30. The smallest absolute Gasteiger partial charge is 0.165 e. The standard InChI is InChI=1S/C9H6ClF3/c10-8(9(11,12)13)6-7-4-2-1-3-5-7/h1-6H/b8-6+. The minimum absolute atomic E-state index is 0.435. The van der Waals surface area contributed by atoms with Gasteiger partial charge in [-0.2, -0.15) is 13.2 Å². The topological polar surface area (TPSA) is 0 Å². The maximum atomic E-state index is 11.9. The Morgan fingerprint density at radius 3 is 2.15 bits per heavy atom. The average Bonchev–Trinajstić information content (AvgIpc) is 2.04. The maximum Gasteiger partial charge on any atom is 0.426 e. The van der Waals surface area contributed by atoms with Gasteiger partial charge in [0.05, 0.1) is 0 Å². The minimum atomic E-state index is -4.46. The van der Waals surface area contributed by atoms with E-state index in [0.717, 1.165) is 6.08 Å². The van der Waals surface area contributed by atoms with Crippen molar-refractivity contribution in [2.45, 2.75) is 6.18 Å². The van der Waals surface area contributed by atoms with Crippen molar-refractivity contribution >= 4 is 17.7 Å². The molecule has 13 heavy (non-hydrogen) atoms. The molecule has 1 aromatic rings. The molecule has 0 aliphatic heterocycles. The summed E-state index contributed by atoms with van der Waals surface area (Å²) >= 11 is 5.03. The fourth-order valence-corrected chi connectivity index (χ4v) is 0.903. The van der Waals surface area contributed by atoms with Crippen molar-refractivity contribution in [3.8, 4) is 0 Å². The summed E-state index contributed by atoms with van der Waals surface area (Å²) in [6, 6.07) is 8.11. The van der Waals surface area contributed by atoms with Gasteiger partial charge in [-0.3, -0.25) is 0 Å². The van der Waals surface area contributed by atoms with E-state index in [1.165, 1.54) is 0 Å². The number of hydrogen-bond acceptors (Lipinski definition) is 0. The molecule has 0 heterocycles. The first kappa shape index (κ1) is 10.1. The van der Waals surface area contributed by atoms with Crippen LogP contribution in [0.4, 0.5) is 13.2 Å². The third-order valence-electron chi connectivity index (χ3n) is 1.36. The second-order valence-electron chi connectivity index (χ2n) is 2.40. The third-order valence-corrected chi connectivity index (χ3v) is 1.69. The molecule has 0 bridgehead atoms. The Kier molecular flexibility index (Phi) is 2.98. The first-order valence-electron chi connectivity index (χ1n) is 3.49. The lowest BCUT2D eigenvalue weighted by molar-refractivity contribution is -0.0836. The Morgan fingerprint density at radius 1 is 1.15 bits per heavy atom. The summed E-state index contributed by atoms with van der Waals surface area (Å²) in [5.74, 6) is 0. The van der Waals surface area contributed by atoms with Crippen LogP contribution in [-0.2, 0) is 0 Å². The average molecular weight is 207 g/mol. The van der Waals surface area contributed by atoms with Gasteiger partial charge in [0.1, 0.15) is 5.03 Å². The van der Waals surface area contributed by atoms with Crippen molar-refractivity contribution < 1.29 is 13.2 Å². The van der Waals surface area contributed by atoms with Gasteiger partial charge in [-0.15, -0.1) is 0 Å². The molecule has 0 amide bonds. The van der Waals surface area contributed by atoms with Gasteiger partial charge in [-0.25, -0.2) is 0 Å². The number of rotatable bonds is 1. The Bertz CT molecular complexity index is 300. The molecule has 0 fully saturated rings. The highest BCUT2D eigenvalue weighted by molar-refractivity contribution is 6.32. The van der Waals surface area contributed by atoms with E-state index in [0.29, 0.717) is 5.56 Å². The van der Waals surface area contributed by atoms with E-state index in [4.69, 9.17) is 11.6 Å². The van der Waals surface area contributed by atoms with Gasteiger partial charge in [0.2, 0.25) is 0 Å². The number of halogens is 4.